The van der Waals surface area contributed by atoms with Gasteiger partial charge in [-0.2, -0.15) is 0 Å². The Bertz CT molecular complexity index is 351. The minimum Gasteiger partial charge on any atom is -0.368 e. The summed E-state index contributed by atoms with van der Waals surface area (Å²) in [5.74, 6) is 0. The van der Waals surface area contributed by atoms with Gasteiger partial charge in [0, 0.05) is 16.7 Å². The predicted octanol–water partition coefficient (Wildman–Crippen LogP) is 3.78. The van der Waals surface area contributed by atoms with E-state index in [-0.39, 0.29) is 0 Å². The molecule has 3 heteroatoms. The zero-order valence-electron chi connectivity index (χ0n) is 8.84. The smallest absolute Gasteiger partial charge is 0.125 e. The molecule has 1 fully saturated rings. The Kier molecular flexibility index (Phi) is 3.01. The molecule has 1 nitrogen and oxygen atoms in total. The number of alkyl halides is 1. The van der Waals surface area contributed by atoms with Crippen molar-refractivity contribution in [2.24, 2.45) is 0 Å². The summed E-state index contributed by atoms with van der Waals surface area (Å²) in [5.41, 5.74) is 0.0635. The van der Waals surface area contributed by atoms with E-state index < -0.39 is 5.67 Å². The van der Waals surface area contributed by atoms with Crippen LogP contribution in [0.3, 0.4) is 0 Å². The molecule has 1 aliphatic heterocycles. The molecule has 82 valence electrons. The molecule has 15 heavy (non-hydrogen) atoms. The maximum Gasteiger partial charge on any atom is 0.125 e. The molecule has 1 unspecified atom stereocenters. The van der Waals surface area contributed by atoms with E-state index in [0.717, 1.165) is 23.1 Å². The zero-order valence-corrected chi connectivity index (χ0v) is 10.4. The van der Waals surface area contributed by atoms with Gasteiger partial charge in [-0.25, -0.2) is 4.39 Å². The highest BCUT2D eigenvalue weighted by atomic mass is 79.9. The highest BCUT2D eigenvalue weighted by Crippen LogP contribution is 2.29. The zero-order chi connectivity index (χ0) is 10.9. The Balaban J connectivity index is 2.17. The number of hydrogen-bond acceptors (Lipinski definition) is 1. The summed E-state index contributed by atoms with van der Waals surface area (Å²) in [6.07, 6.45) is 1.61. The molecule has 0 aromatic heterocycles. The van der Waals surface area contributed by atoms with Crippen LogP contribution in [0.2, 0.25) is 0 Å². The summed E-state index contributed by atoms with van der Waals surface area (Å²) in [5, 5.41) is 0. The quantitative estimate of drug-likeness (QED) is 0.752. The summed E-state index contributed by atoms with van der Waals surface area (Å²) < 4.78 is 14.9. The number of nitrogens with zero attached hydrogens (tertiary/aromatic N) is 1. The average Bonchev–Trinajstić information content (AvgIpc) is 2.16. The van der Waals surface area contributed by atoms with Crippen LogP contribution in [0.15, 0.2) is 28.7 Å². The third-order valence-corrected chi connectivity index (χ3v) is 3.31. The predicted molar refractivity (Wildman–Crippen MR) is 65.1 cm³/mol. The van der Waals surface area contributed by atoms with Crippen LogP contribution >= 0.6 is 15.9 Å². The minimum absolute atomic E-state index is 0.503. The molecule has 1 aromatic rings. The van der Waals surface area contributed by atoms with Crippen molar-refractivity contribution in [2.75, 3.05) is 18.0 Å². The van der Waals surface area contributed by atoms with Crippen molar-refractivity contribution in [3.05, 3.63) is 28.7 Å². The molecule has 0 radical (unpaired) electrons. The highest BCUT2D eigenvalue weighted by Gasteiger charge is 2.30. The SMILES string of the molecule is CC1(F)CCCN(c2cccc(Br)c2)C1. The first-order chi connectivity index (χ1) is 7.07. The number of halogens is 2. The van der Waals surface area contributed by atoms with Gasteiger partial charge in [-0.1, -0.05) is 22.0 Å². The molecular formula is C12H15BrFN. The van der Waals surface area contributed by atoms with Gasteiger partial charge in [0.1, 0.15) is 5.67 Å². The number of benzene rings is 1. The third kappa shape index (κ3) is 2.71. The van der Waals surface area contributed by atoms with Crippen LogP contribution in [-0.2, 0) is 0 Å². The molecule has 0 bridgehead atoms. The van der Waals surface area contributed by atoms with Gasteiger partial charge >= 0.3 is 0 Å². The monoisotopic (exact) mass is 271 g/mol. The molecule has 1 aromatic carbocycles. The lowest BCUT2D eigenvalue weighted by Crippen LogP contribution is -2.43. The van der Waals surface area contributed by atoms with Gasteiger partial charge in [0.2, 0.25) is 0 Å². The van der Waals surface area contributed by atoms with Gasteiger partial charge in [-0.15, -0.1) is 0 Å². The van der Waals surface area contributed by atoms with Crippen LogP contribution in [0.5, 0.6) is 0 Å². The van der Waals surface area contributed by atoms with E-state index >= 15 is 0 Å². The largest absolute Gasteiger partial charge is 0.368 e. The number of rotatable bonds is 1. The van der Waals surface area contributed by atoms with Crippen LogP contribution in [0.4, 0.5) is 10.1 Å². The third-order valence-electron chi connectivity index (χ3n) is 2.82. The molecular weight excluding hydrogens is 257 g/mol. The highest BCUT2D eigenvalue weighted by molar-refractivity contribution is 9.10. The molecule has 0 amide bonds. The van der Waals surface area contributed by atoms with Crippen molar-refractivity contribution in [1.82, 2.24) is 0 Å². The lowest BCUT2D eigenvalue weighted by Gasteiger charge is -2.36. The molecule has 1 atom stereocenters. The Hall–Kier alpha value is -0.570. The van der Waals surface area contributed by atoms with Gasteiger partial charge in [0.15, 0.2) is 0 Å². The lowest BCUT2D eigenvalue weighted by atomic mass is 9.96. The van der Waals surface area contributed by atoms with Crippen LogP contribution in [0.1, 0.15) is 19.8 Å². The first-order valence-electron chi connectivity index (χ1n) is 5.26. The summed E-state index contributed by atoms with van der Waals surface area (Å²) >= 11 is 3.44. The second-order valence-corrected chi connectivity index (χ2v) is 5.33. The summed E-state index contributed by atoms with van der Waals surface area (Å²) in [7, 11) is 0. The van der Waals surface area contributed by atoms with Crippen LogP contribution in [0, 0.1) is 0 Å². The topological polar surface area (TPSA) is 3.24 Å². The molecule has 1 aliphatic rings. The molecule has 2 rings (SSSR count). The summed E-state index contributed by atoms with van der Waals surface area (Å²) in [4.78, 5) is 2.12. The van der Waals surface area contributed by atoms with Gasteiger partial charge in [0.05, 0.1) is 6.54 Å². The lowest BCUT2D eigenvalue weighted by molar-refractivity contribution is 0.160. The second kappa shape index (κ2) is 4.12. The maximum absolute atomic E-state index is 13.9. The molecule has 1 heterocycles. The standard InChI is InChI=1S/C12H15BrFN/c1-12(14)6-3-7-15(9-12)11-5-2-4-10(13)8-11/h2,4-5,8H,3,6-7,9H2,1H3. The maximum atomic E-state index is 13.9. The van der Waals surface area contributed by atoms with E-state index in [1.165, 1.54) is 0 Å². The van der Waals surface area contributed by atoms with Gasteiger partial charge in [-0.3, -0.25) is 0 Å². The van der Waals surface area contributed by atoms with Crippen LogP contribution in [-0.4, -0.2) is 18.8 Å². The van der Waals surface area contributed by atoms with Crippen molar-refractivity contribution in [3.63, 3.8) is 0 Å². The van der Waals surface area contributed by atoms with Crippen molar-refractivity contribution < 1.29 is 4.39 Å². The Morgan fingerprint density at radius 2 is 2.27 bits per heavy atom. The van der Waals surface area contributed by atoms with Crippen molar-refractivity contribution in [2.45, 2.75) is 25.4 Å². The van der Waals surface area contributed by atoms with E-state index in [2.05, 4.69) is 20.8 Å². The fourth-order valence-corrected chi connectivity index (χ4v) is 2.47. The van der Waals surface area contributed by atoms with Crippen molar-refractivity contribution in [1.29, 1.82) is 0 Å². The summed E-state index contributed by atoms with van der Waals surface area (Å²) in [6.45, 7) is 3.15. The van der Waals surface area contributed by atoms with E-state index in [1.54, 1.807) is 6.92 Å². The Labute approximate surface area is 98.4 Å². The molecule has 0 saturated carbocycles. The fraction of sp³-hybridized carbons (Fsp3) is 0.500. The van der Waals surface area contributed by atoms with Gasteiger partial charge in [0.25, 0.3) is 0 Å². The van der Waals surface area contributed by atoms with E-state index in [1.807, 2.05) is 24.3 Å². The average molecular weight is 272 g/mol. The number of piperidine rings is 1. The normalized spacial score (nSPS) is 26.7. The minimum atomic E-state index is -1.04. The van der Waals surface area contributed by atoms with E-state index in [9.17, 15) is 4.39 Å². The Morgan fingerprint density at radius 1 is 1.47 bits per heavy atom. The van der Waals surface area contributed by atoms with Gasteiger partial charge in [-0.05, 0) is 38.0 Å². The number of anilines is 1. The molecule has 0 spiro atoms. The first kappa shape index (κ1) is 10.9. The van der Waals surface area contributed by atoms with E-state index in [0.29, 0.717) is 13.0 Å². The van der Waals surface area contributed by atoms with Crippen molar-refractivity contribution >= 4 is 21.6 Å². The fourth-order valence-electron chi connectivity index (χ4n) is 2.09. The second-order valence-electron chi connectivity index (χ2n) is 4.42. The Morgan fingerprint density at radius 3 is 2.93 bits per heavy atom. The number of hydrogen-bond donors (Lipinski definition) is 0. The molecule has 0 aliphatic carbocycles. The molecule has 1 saturated heterocycles. The summed E-state index contributed by atoms with van der Waals surface area (Å²) in [6, 6.07) is 8.05. The van der Waals surface area contributed by atoms with E-state index in [4.69, 9.17) is 0 Å². The first-order valence-corrected chi connectivity index (χ1v) is 6.06. The van der Waals surface area contributed by atoms with Gasteiger partial charge < -0.3 is 4.90 Å². The molecule has 0 N–H and O–H groups in total. The van der Waals surface area contributed by atoms with Crippen LogP contribution in [0.25, 0.3) is 0 Å². The van der Waals surface area contributed by atoms with Crippen molar-refractivity contribution in [3.8, 4) is 0 Å². The van der Waals surface area contributed by atoms with Crippen LogP contribution < -0.4 is 4.90 Å².